The minimum Gasteiger partial charge on any atom is -0.304 e. The predicted molar refractivity (Wildman–Crippen MR) is 111 cm³/mol. The van der Waals surface area contributed by atoms with Crippen molar-refractivity contribution in [2.24, 2.45) is 0 Å². The van der Waals surface area contributed by atoms with E-state index in [1.54, 1.807) is 0 Å². The molecule has 0 aromatic rings. The maximum absolute atomic E-state index is 2.76. The Labute approximate surface area is 154 Å². The largest absolute Gasteiger partial charge is 0.304 e. The molecule has 0 fully saturated rings. The molecule has 0 amide bonds. The van der Waals surface area contributed by atoms with Crippen molar-refractivity contribution in [3.8, 4) is 0 Å². The summed E-state index contributed by atoms with van der Waals surface area (Å²) in [6, 6.07) is 0. The molecule has 0 aromatic carbocycles. The fourth-order valence-electron chi connectivity index (χ4n) is 3.42. The Kier molecular flexibility index (Phi) is 19.2. The molecular formula is C22H48N2. The number of rotatable bonds is 19. The van der Waals surface area contributed by atoms with E-state index < -0.39 is 0 Å². The van der Waals surface area contributed by atoms with Gasteiger partial charge < -0.3 is 9.80 Å². The van der Waals surface area contributed by atoms with Crippen molar-refractivity contribution < 1.29 is 0 Å². The fourth-order valence-corrected chi connectivity index (χ4v) is 3.42. The molecule has 0 saturated heterocycles. The van der Waals surface area contributed by atoms with Gasteiger partial charge in [0.15, 0.2) is 0 Å². The van der Waals surface area contributed by atoms with Crippen LogP contribution in [0.2, 0.25) is 0 Å². The third kappa shape index (κ3) is 15.4. The van der Waals surface area contributed by atoms with E-state index in [0.717, 1.165) is 0 Å². The molecule has 0 radical (unpaired) electrons. The van der Waals surface area contributed by atoms with Crippen LogP contribution in [0.1, 0.15) is 105 Å². The Balaban J connectivity index is 3.76. The van der Waals surface area contributed by atoms with Crippen LogP contribution in [-0.4, -0.2) is 49.1 Å². The van der Waals surface area contributed by atoms with Crippen molar-refractivity contribution in [2.75, 3.05) is 39.3 Å². The summed E-state index contributed by atoms with van der Waals surface area (Å²) in [6.45, 7) is 16.9. The zero-order valence-electron chi connectivity index (χ0n) is 17.6. The third-order valence-electron chi connectivity index (χ3n) is 5.25. The van der Waals surface area contributed by atoms with Gasteiger partial charge in [-0.05, 0) is 65.0 Å². The van der Waals surface area contributed by atoms with E-state index in [9.17, 15) is 0 Å². The number of hydrogen-bond acceptors (Lipinski definition) is 2. The normalized spacial score (nSPS) is 11.8. The van der Waals surface area contributed by atoms with E-state index in [0.29, 0.717) is 0 Å². The molecule has 0 rings (SSSR count). The first-order valence-corrected chi connectivity index (χ1v) is 11.2. The Morgan fingerprint density at radius 2 is 0.708 bits per heavy atom. The topological polar surface area (TPSA) is 6.48 Å². The average molecular weight is 341 g/mol. The van der Waals surface area contributed by atoms with Crippen LogP contribution in [-0.2, 0) is 0 Å². The Hall–Kier alpha value is -0.0800. The summed E-state index contributed by atoms with van der Waals surface area (Å²) in [5.74, 6) is 0. The SMILES string of the molecule is CCCCCCN(CCCCCC)CCCCCCN(CC)CC. The van der Waals surface area contributed by atoms with E-state index in [-0.39, 0.29) is 0 Å². The van der Waals surface area contributed by atoms with Gasteiger partial charge in [0, 0.05) is 0 Å². The van der Waals surface area contributed by atoms with Crippen LogP contribution in [0.25, 0.3) is 0 Å². The molecule has 0 heterocycles. The van der Waals surface area contributed by atoms with Crippen LogP contribution in [0.4, 0.5) is 0 Å². The summed E-state index contributed by atoms with van der Waals surface area (Å²) in [5, 5.41) is 0. The molecule has 0 aromatic heterocycles. The molecule has 0 aliphatic rings. The van der Waals surface area contributed by atoms with Crippen molar-refractivity contribution in [2.45, 2.75) is 105 Å². The van der Waals surface area contributed by atoms with E-state index in [1.807, 2.05) is 0 Å². The van der Waals surface area contributed by atoms with Crippen molar-refractivity contribution in [3.05, 3.63) is 0 Å². The summed E-state index contributed by atoms with van der Waals surface area (Å²) in [5.41, 5.74) is 0. The monoisotopic (exact) mass is 340 g/mol. The molecule has 2 nitrogen and oxygen atoms in total. The lowest BCUT2D eigenvalue weighted by atomic mass is 10.1. The van der Waals surface area contributed by atoms with E-state index in [2.05, 4.69) is 37.5 Å². The zero-order valence-corrected chi connectivity index (χ0v) is 17.6. The van der Waals surface area contributed by atoms with Crippen LogP contribution < -0.4 is 0 Å². The maximum atomic E-state index is 2.76. The quantitative estimate of drug-likeness (QED) is 0.253. The first-order chi connectivity index (χ1) is 11.8. The predicted octanol–water partition coefficient (Wildman–Crippen LogP) is 6.35. The molecule has 146 valence electrons. The van der Waals surface area contributed by atoms with E-state index in [4.69, 9.17) is 0 Å². The van der Waals surface area contributed by atoms with Crippen LogP contribution in [0.15, 0.2) is 0 Å². The number of unbranched alkanes of at least 4 members (excludes halogenated alkanes) is 9. The van der Waals surface area contributed by atoms with Crippen LogP contribution in [0.5, 0.6) is 0 Å². The van der Waals surface area contributed by atoms with Gasteiger partial charge >= 0.3 is 0 Å². The highest BCUT2D eigenvalue weighted by Crippen LogP contribution is 2.08. The van der Waals surface area contributed by atoms with Gasteiger partial charge in [0.1, 0.15) is 0 Å². The minimum atomic E-state index is 1.21. The van der Waals surface area contributed by atoms with Gasteiger partial charge in [0.05, 0.1) is 0 Å². The summed E-state index contributed by atoms with van der Waals surface area (Å²) in [4.78, 5) is 5.31. The fraction of sp³-hybridized carbons (Fsp3) is 1.00. The van der Waals surface area contributed by atoms with Crippen LogP contribution in [0.3, 0.4) is 0 Å². The van der Waals surface area contributed by atoms with Crippen LogP contribution in [0, 0.1) is 0 Å². The van der Waals surface area contributed by atoms with Gasteiger partial charge in [0.25, 0.3) is 0 Å². The molecule has 0 saturated carbocycles. The number of nitrogens with zero attached hydrogens (tertiary/aromatic N) is 2. The Bertz CT molecular complexity index is 214. The lowest BCUT2D eigenvalue weighted by molar-refractivity contribution is 0.252. The molecule has 2 heteroatoms. The van der Waals surface area contributed by atoms with E-state index in [1.165, 1.54) is 116 Å². The number of hydrogen-bond donors (Lipinski definition) is 0. The zero-order chi connectivity index (χ0) is 17.9. The Morgan fingerprint density at radius 3 is 1.04 bits per heavy atom. The van der Waals surface area contributed by atoms with Crippen LogP contribution >= 0.6 is 0 Å². The molecule has 0 unspecified atom stereocenters. The van der Waals surface area contributed by atoms with E-state index >= 15 is 0 Å². The highest BCUT2D eigenvalue weighted by molar-refractivity contribution is 4.60. The molecule has 0 aliphatic heterocycles. The molecular weight excluding hydrogens is 292 g/mol. The third-order valence-corrected chi connectivity index (χ3v) is 5.25. The molecule has 0 spiro atoms. The van der Waals surface area contributed by atoms with Gasteiger partial charge in [-0.1, -0.05) is 79.1 Å². The Morgan fingerprint density at radius 1 is 0.375 bits per heavy atom. The molecule has 0 atom stereocenters. The lowest BCUT2D eigenvalue weighted by Crippen LogP contribution is -2.27. The highest BCUT2D eigenvalue weighted by Gasteiger charge is 2.05. The summed E-state index contributed by atoms with van der Waals surface area (Å²) < 4.78 is 0. The first kappa shape index (κ1) is 23.9. The van der Waals surface area contributed by atoms with Crippen molar-refractivity contribution in [3.63, 3.8) is 0 Å². The highest BCUT2D eigenvalue weighted by atomic mass is 15.1. The maximum Gasteiger partial charge on any atom is -0.00187 e. The summed E-state index contributed by atoms with van der Waals surface area (Å²) in [6.07, 6.45) is 16.8. The molecule has 0 bridgehead atoms. The second-order valence-corrected chi connectivity index (χ2v) is 7.40. The molecule has 24 heavy (non-hydrogen) atoms. The van der Waals surface area contributed by atoms with Gasteiger partial charge in [-0.3, -0.25) is 0 Å². The smallest absolute Gasteiger partial charge is 0.00187 e. The second kappa shape index (κ2) is 19.2. The first-order valence-electron chi connectivity index (χ1n) is 11.2. The van der Waals surface area contributed by atoms with Crippen molar-refractivity contribution >= 4 is 0 Å². The van der Waals surface area contributed by atoms with Gasteiger partial charge in [-0.2, -0.15) is 0 Å². The van der Waals surface area contributed by atoms with Crippen molar-refractivity contribution in [1.82, 2.24) is 9.80 Å². The van der Waals surface area contributed by atoms with Crippen molar-refractivity contribution in [1.29, 1.82) is 0 Å². The molecule has 0 N–H and O–H groups in total. The summed E-state index contributed by atoms with van der Waals surface area (Å²) in [7, 11) is 0. The second-order valence-electron chi connectivity index (χ2n) is 7.40. The van der Waals surface area contributed by atoms with Gasteiger partial charge in [0.2, 0.25) is 0 Å². The van der Waals surface area contributed by atoms with Gasteiger partial charge in [-0.25, -0.2) is 0 Å². The molecule has 0 aliphatic carbocycles. The standard InChI is InChI=1S/C22H48N2/c1-5-9-11-15-20-24(21-16-12-10-6-2)22-18-14-13-17-19-23(7-3)8-4/h5-22H2,1-4H3. The average Bonchev–Trinajstić information content (AvgIpc) is 2.61. The minimum absolute atomic E-state index is 1.21. The summed E-state index contributed by atoms with van der Waals surface area (Å²) >= 11 is 0. The van der Waals surface area contributed by atoms with Gasteiger partial charge in [-0.15, -0.1) is 0 Å². The lowest BCUT2D eigenvalue weighted by Gasteiger charge is -2.22.